The summed E-state index contributed by atoms with van der Waals surface area (Å²) in [5, 5.41) is 12.3. The number of aliphatic hydroxyl groups is 1. The third-order valence-electron chi connectivity index (χ3n) is 15.2. The summed E-state index contributed by atoms with van der Waals surface area (Å²) in [4.78, 5) is 13.1. The summed E-state index contributed by atoms with van der Waals surface area (Å²) < 4.78 is 20.6. The van der Waals surface area contributed by atoms with Gasteiger partial charge in [0.15, 0.2) is 8.32 Å². The fourth-order valence-electron chi connectivity index (χ4n) is 11.8. The number of alkyl halides is 1. The number of fused-ring (bicyclic) bond motifs is 5. The molecule has 0 aromatic carbocycles. The summed E-state index contributed by atoms with van der Waals surface area (Å²) in [6.07, 6.45) is 11.3. The lowest BCUT2D eigenvalue weighted by atomic mass is 9.34. The van der Waals surface area contributed by atoms with E-state index in [1.165, 1.54) is 5.57 Å². The zero-order valence-electron chi connectivity index (χ0n) is 32.9. The second-order valence-corrected chi connectivity index (χ2v) is 24.7. The molecule has 4 rings (SSSR count). The Morgan fingerprint density at radius 3 is 2.23 bits per heavy atom. The van der Waals surface area contributed by atoms with E-state index in [0.29, 0.717) is 12.5 Å². The minimum Gasteiger partial charge on any atom is -0.461 e. The number of halogens is 1. The molecule has 11 atom stereocenters. The third kappa shape index (κ3) is 6.82. The number of carbonyl (C=O) groups is 1. The Hall–Kier alpha value is -0.663. The van der Waals surface area contributed by atoms with Crippen molar-refractivity contribution >= 4 is 25.9 Å². The van der Waals surface area contributed by atoms with Crippen molar-refractivity contribution in [3.8, 4) is 0 Å². The summed E-state index contributed by atoms with van der Waals surface area (Å²) >= 11 is 6.15. The van der Waals surface area contributed by atoms with Crippen LogP contribution < -0.4 is 0 Å². The van der Waals surface area contributed by atoms with Gasteiger partial charge in [0.1, 0.15) is 12.0 Å². The van der Waals surface area contributed by atoms with Crippen LogP contribution >= 0.6 is 11.6 Å². The topological polar surface area (TPSA) is 65.0 Å². The molecule has 0 saturated heterocycles. The average Bonchev–Trinajstić information content (AvgIpc) is 3.33. The van der Waals surface area contributed by atoms with Gasteiger partial charge in [0.2, 0.25) is 0 Å². The van der Waals surface area contributed by atoms with Gasteiger partial charge in [-0.15, -0.1) is 18.2 Å². The van der Waals surface area contributed by atoms with Crippen LogP contribution in [0.1, 0.15) is 128 Å². The van der Waals surface area contributed by atoms with Gasteiger partial charge >= 0.3 is 5.97 Å². The first-order valence-corrected chi connectivity index (χ1v) is 22.4. The number of hydrogen-bond acceptors (Lipinski definition) is 5. The molecule has 7 heteroatoms. The Morgan fingerprint density at radius 2 is 1.67 bits per heavy atom. The molecule has 0 amide bonds. The van der Waals surface area contributed by atoms with Crippen molar-refractivity contribution < 1.29 is 23.8 Å². The van der Waals surface area contributed by atoms with Crippen molar-refractivity contribution in [1.82, 2.24) is 0 Å². The minimum absolute atomic E-state index is 0.0252. The first-order valence-electron chi connectivity index (χ1n) is 18.9. The SMILES string of the molecule is C=CCO[C@@H]1C[C@@H]2[C@@]3(C)CC[C@H](O[Si](C)(C)C(C)(C)C)C(C)(C)[C@@H]3[C@@H](OC(=O)CCl)C[C@@]2(C)[C@]2(C)CC[C@H]([C@@](C)(O)CCC=C(C)C)[C@@H]12. The molecular formula is C41H71ClO5Si. The zero-order valence-corrected chi connectivity index (χ0v) is 34.7. The number of hydrogen-bond donors (Lipinski definition) is 1. The molecule has 1 N–H and O–H groups in total. The smallest absolute Gasteiger partial charge is 0.321 e. The predicted octanol–water partition coefficient (Wildman–Crippen LogP) is 10.5. The summed E-state index contributed by atoms with van der Waals surface area (Å²) in [5.74, 6) is 0.322. The Kier molecular flexibility index (Phi) is 11.5. The highest BCUT2D eigenvalue weighted by atomic mass is 35.5. The fraction of sp³-hybridized carbons (Fsp3) is 0.878. The molecule has 0 aromatic heterocycles. The monoisotopic (exact) mass is 706 g/mol. The number of ether oxygens (including phenoxy) is 2. The number of esters is 1. The van der Waals surface area contributed by atoms with Crippen LogP contribution in [0.2, 0.25) is 18.1 Å². The van der Waals surface area contributed by atoms with Crippen LogP contribution in [0, 0.1) is 45.3 Å². The van der Waals surface area contributed by atoms with Crippen LogP contribution in [0.25, 0.3) is 0 Å². The molecule has 0 aromatic rings. The van der Waals surface area contributed by atoms with Crippen molar-refractivity contribution in [1.29, 1.82) is 0 Å². The van der Waals surface area contributed by atoms with Crippen LogP contribution in [-0.4, -0.2) is 55.8 Å². The van der Waals surface area contributed by atoms with Crippen molar-refractivity contribution in [3.63, 3.8) is 0 Å². The first-order chi connectivity index (χ1) is 21.9. The van der Waals surface area contributed by atoms with Gasteiger partial charge in [0, 0.05) is 5.92 Å². The van der Waals surface area contributed by atoms with Crippen molar-refractivity contribution in [2.24, 2.45) is 45.3 Å². The van der Waals surface area contributed by atoms with E-state index >= 15 is 0 Å². The number of carbonyl (C=O) groups excluding carboxylic acids is 1. The van der Waals surface area contributed by atoms with Gasteiger partial charge in [-0.05, 0) is 130 Å². The van der Waals surface area contributed by atoms with Gasteiger partial charge in [0.25, 0.3) is 0 Å². The highest BCUT2D eigenvalue weighted by molar-refractivity contribution is 6.74. The van der Waals surface area contributed by atoms with Crippen LogP contribution in [-0.2, 0) is 18.7 Å². The molecule has 5 nitrogen and oxygen atoms in total. The van der Waals surface area contributed by atoms with Gasteiger partial charge in [-0.3, -0.25) is 4.79 Å². The Bertz CT molecular complexity index is 1220. The summed E-state index contributed by atoms with van der Waals surface area (Å²) in [5.41, 5.74) is -0.0667. The Balaban J connectivity index is 1.82. The van der Waals surface area contributed by atoms with E-state index in [0.717, 1.165) is 51.4 Å². The van der Waals surface area contributed by atoms with E-state index in [9.17, 15) is 9.90 Å². The van der Waals surface area contributed by atoms with E-state index in [1.807, 2.05) is 6.08 Å². The molecule has 0 bridgehead atoms. The molecule has 0 unspecified atom stereocenters. The molecule has 4 saturated carbocycles. The second-order valence-electron chi connectivity index (χ2n) is 19.7. The minimum atomic E-state index is -2.06. The van der Waals surface area contributed by atoms with Crippen molar-refractivity contribution in [2.45, 2.75) is 170 Å². The summed E-state index contributed by atoms with van der Waals surface area (Å²) in [6, 6.07) is 0. The van der Waals surface area contributed by atoms with E-state index in [4.69, 9.17) is 25.5 Å². The highest BCUT2D eigenvalue weighted by Gasteiger charge is 2.74. The maximum Gasteiger partial charge on any atom is 0.321 e. The van der Waals surface area contributed by atoms with E-state index < -0.39 is 13.9 Å². The number of allylic oxidation sites excluding steroid dienone is 2. The van der Waals surface area contributed by atoms with Gasteiger partial charge in [-0.25, -0.2) is 0 Å². The maximum atomic E-state index is 13.1. The fourth-order valence-corrected chi connectivity index (χ4v) is 13.3. The van der Waals surface area contributed by atoms with Crippen LogP contribution in [0.15, 0.2) is 24.3 Å². The van der Waals surface area contributed by atoms with Gasteiger partial charge in [0.05, 0.1) is 24.4 Å². The molecule has 4 aliphatic rings. The van der Waals surface area contributed by atoms with Crippen molar-refractivity contribution in [2.75, 3.05) is 12.5 Å². The lowest BCUT2D eigenvalue weighted by Gasteiger charge is -2.72. The second kappa shape index (κ2) is 13.7. The number of rotatable bonds is 11. The molecule has 4 fully saturated rings. The van der Waals surface area contributed by atoms with Crippen LogP contribution in [0.3, 0.4) is 0 Å². The van der Waals surface area contributed by atoms with Gasteiger partial charge in [-0.1, -0.05) is 73.1 Å². The first kappa shape index (κ1) is 40.1. The van der Waals surface area contributed by atoms with E-state index in [-0.39, 0.29) is 74.6 Å². The average molecular weight is 708 g/mol. The van der Waals surface area contributed by atoms with Crippen molar-refractivity contribution in [3.05, 3.63) is 24.3 Å². The summed E-state index contributed by atoms with van der Waals surface area (Å²) in [7, 11) is -2.06. The van der Waals surface area contributed by atoms with Gasteiger partial charge < -0.3 is 19.0 Å². The van der Waals surface area contributed by atoms with Crippen LogP contribution in [0.4, 0.5) is 0 Å². The molecule has 4 aliphatic carbocycles. The normalized spacial score (nSPS) is 40.5. The Labute approximate surface area is 300 Å². The molecule has 276 valence electrons. The lowest BCUT2D eigenvalue weighted by molar-refractivity contribution is -0.279. The standard InChI is InChI=1S/C41H71ClO5Si/c1-15-23-45-29-24-31-38(9)21-19-32(47-48(13,14)36(4,5)6)37(7,8)35(38)30(46-33(43)26-42)25-40(31,11)39(10)22-18-28(34(29)39)41(12,44)20-16-17-27(2)3/h15,17,28-32,34-35,44H,1,16,18-26H2,2-14H3/t28-,29+,30-,31+,32-,34-,35-,38+,39+,40+,41-/m0/s1. The molecule has 0 radical (unpaired) electrons. The molecule has 48 heavy (non-hydrogen) atoms. The quantitative estimate of drug-likeness (QED) is 0.100. The Morgan fingerprint density at radius 1 is 1.02 bits per heavy atom. The molecule has 0 heterocycles. The maximum absolute atomic E-state index is 13.1. The highest BCUT2D eigenvalue weighted by Crippen LogP contribution is 2.76. The van der Waals surface area contributed by atoms with E-state index in [2.05, 4.69) is 102 Å². The molecule has 0 aliphatic heterocycles. The predicted molar refractivity (Wildman–Crippen MR) is 202 cm³/mol. The van der Waals surface area contributed by atoms with E-state index in [1.54, 1.807) is 0 Å². The lowest BCUT2D eigenvalue weighted by Crippen LogP contribution is -2.71. The third-order valence-corrected chi connectivity index (χ3v) is 19.9. The van der Waals surface area contributed by atoms with Crippen LogP contribution in [0.5, 0.6) is 0 Å². The zero-order chi connectivity index (χ0) is 36.3. The largest absolute Gasteiger partial charge is 0.461 e. The molecule has 0 spiro atoms. The molecular weight excluding hydrogens is 636 g/mol. The van der Waals surface area contributed by atoms with Gasteiger partial charge in [-0.2, -0.15) is 0 Å². The summed E-state index contributed by atoms with van der Waals surface area (Å²) in [6.45, 7) is 34.7.